The van der Waals surface area contributed by atoms with E-state index in [1.165, 1.54) is 5.56 Å². The summed E-state index contributed by atoms with van der Waals surface area (Å²) in [5.41, 5.74) is 9.32. The molecule has 0 amide bonds. The molecule has 0 aliphatic heterocycles. The maximum atomic E-state index is 8.64. The maximum absolute atomic E-state index is 8.64. The molecule has 0 aromatic heterocycles. The molecule has 5 heteroatoms. The zero-order chi connectivity index (χ0) is 14.5. The molecule has 0 saturated heterocycles. The number of rotatable bonds is 4. The number of nitrogens with one attached hydrogen (secondary N) is 1. The van der Waals surface area contributed by atoms with Gasteiger partial charge in [0.1, 0.15) is 0 Å². The molecular weight excluding hydrogens is 274 g/mol. The molecule has 0 saturated carbocycles. The van der Waals surface area contributed by atoms with Crippen molar-refractivity contribution in [1.82, 2.24) is 0 Å². The van der Waals surface area contributed by atoms with Crippen LogP contribution in [0.5, 0.6) is 0 Å². The Morgan fingerprint density at radius 1 is 1.30 bits per heavy atom. The molecule has 0 fully saturated rings. The molecule has 4 N–H and O–H groups in total. The van der Waals surface area contributed by atoms with Gasteiger partial charge in [-0.1, -0.05) is 47.1 Å². The van der Waals surface area contributed by atoms with Crippen LogP contribution in [-0.4, -0.2) is 11.0 Å². The molecule has 20 heavy (non-hydrogen) atoms. The normalized spacial score (nSPS) is 11.4. The fourth-order valence-corrected chi connectivity index (χ4v) is 2.12. The molecule has 0 aliphatic carbocycles. The molecule has 0 heterocycles. The van der Waals surface area contributed by atoms with Crippen molar-refractivity contribution >= 4 is 23.1 Å². The number of nitrogens with two attached hydrogens (primary N) is 1. The third-order valence-corrected chi connectivity index (χ3v) is 3.42. The molecule has 4 nitrogen and oxygen atoms in total. The molecule has 0 unspecified atom stereocenters. The molecule has 2 rings (SSSR count). The number of hydrogen-bond donors (Lipinski definition) is 3. The Hall–Kier alpha value is -2.20. The van der Waals surface area contributed by atoms with E-state index in [0.717, 1.165) is 11.3 Å². The summed E-state index contributed by atoms with van der Waals surface area (Å²) in [5.74, 6) is 0.0466. The lowest BCUT2D eigenvalue weighted by molar-refractivity contribution is 0.318. The quantitative estimate of drug-likeness (QED) is 0.350. The van der Waals surface area contributed by atoms with Crippen LogP contribution in [0.2, 0.25) is 5.02 Å². The zero-order valence-electron chi connectivity index (χ0n) is 11.1. The van der Waals surface area contributed by atoms with Crippen molar-refractivity contribution < 1.29 is 5.21 Å². The SMILES string of the molecule is Cc1ccccc1NCc1ccc(/C(N)=N/O)cc1Cl. The third-order valence-electron chi connectivity index (χ3n) is 3.07. The van der Waals surface area contributed by atoms with Crippen molar-refractivity contribution in [3.05, 3.63) is 64.2 Å². The lowest BCUT2D eigenvalue weighted by Crippen LogP contribution is -2.13. The van der Waals surface area contributed by atoms with Crippen molar-refractivity contribution in [2.45, 2.75) is 13.5 Å². The predicted octanol–water partition coefficient (Wildman–Crippen LogP) is 3.36. The fourth-order valence-electron chi connectivity index (χ4n) is 1.87. The van der Waals surface area contributed by atoms with Crippen LogP contribution >= 0.6 is 11.6 Å². The van der Waals surface area contributed by atoms with Crippen molar-refractivity contribution in [1.29, 1.82) is 0 Å². The molecule has 2 aromatic rings. The third kappa shape index (κ3) is 3.22. The second kappa shape index (κ2) is 6.30. The molecule has 0 aliphatic rings. The number of amidine groups is 1. The number of nitrogens with zero attached hydrogens (tertiary/aromatic N) is 1. The summed E-state index contributed by atoms with van der Waals surface area (Å²) in [5, 5.41) is 15.5. The van der Waals surface area contributed by atoms with E-state index < -0.39 is 0 Å². The highest BCUT2D eigenvalue weighted by Crippen LogP contribution is 2.20. The van der Waals surface area contributed by atoms with Crippen molar-refractivity contribution in [2.75, 3.05) is 5.32 Å². The second-order valence-electron chi connectivity index (χ2n) is 4.46. The number of benzene rings is 2. The summed E-state index contributed by atoms with van der Waals surface area (Å²) in [4.78, 5) is 0. The maximum Gasteiger partial charge on any atom is 0.170 e. The van der Waals surface area contributed by atoms with Crippen LogP contribution in [0.1, 0.15) is 16.7 Å². The highest BCUT2D eigenvalue weighted by molar-refractivity contribution is 6.31. The molecule has 0 atom stereocenters. The standard InChI is InChI=1S/C15H16ClN3O/c1-10-4-2-3-5-14(10)18-9-12-7-6-11(8-13(12)16)15(17)19-20/h2-8,18,20H,9H2,1H3,(H2,17,19). The van der Waals surface area contributed by atoms with Gasteiger partial charge in [0, 0.05) is 22.8 Å². The Morgan fingerprint density at radius 2 is 2.05 bits per heavy atom. The number of hydrogen-bond acceptors (Lipinski definition) is 3. The van der Waals surface area contributed by atoms with E-state index in [1.54, 1.807) is 12.1 Å². The van der Waals surface area contributed by atoms with Crippen LogP contribution in [0.3, 0.4) is 0 Å². The Balaban J connectivity index is 2.13. The van der Waals surface area contributed by atoms with E-state index in [-0.39, 0.29) is 5.84 Å². The van der Waals surface area contributed by atoms with E-state index >= 15 is 0 Å². The number of halogens is 1. The smallest absolute Gasteiger partial charge is 0.170 e. The van der Waals surface area contributed by atoms with Gasteiger partial charge in [-0.15, -0.1) is 0 Å². The second-order valence-corrected chi connectivity index (χ2v) is 4.87. The van der Waals surface area contributed by atoms with Gasteiger partial charge in [-0.25, -0.2) is 0 Å². The number of aryl methyl sites for hydroxylation is 1. The average Bonchev–Trinajstić information content (AvgIpc) is 2.46. The van der Waals surface area contributed by atoms with Gasteiger partial charge in [0.05, 0.1) is 0 Å². The molecule has 0 bridgehead atoms. The molecule has 104 valence electrons. The summed E-state index contributed by atoms with van der Waals surface area (Å²) in [6.45, 7) is 2.66. The number of oxime groups is 1. The van der Waals surface area contributed by atoms with Gasteiger partial charge in [-0.2, -0.15) is 0 Å². The van der Waals surface area contributed by atoms with Gasteiger partial charge >= 0.3 is 0 Å². The van der Waals surface area contributed by atoms with Crippen LogP contribution in [0.15, 0.2) is 47.6 Å². The van der Waals surface area contributed by atoms with Gasteiger partial charge in [0.25, 0.3) is 0 Å². The van der Waals surface area contributed by atoms with Gasteiger partial charge in [-0.3, -0.25) is 0 Å². The minimum atomic E-state index is 0.0466. The van der Waals surface area contributed by atoms with E-state index in [1.807, 2.05) is 37.3 Å². The summed E-state index contributed by atoms with van der Waals surface area (Å²) < 4.78 is 0. The molecular formula is C15H16ClN3O. The summed E-state index contributed by atoms with van der Waals surface area (Å²) in [6, 6.07) is 13.4. The van der Waals surface area contributed by atoms with E-state index in [9.17, 15) is 0 Å². The van der Waals surface area contributed by atoms with Crippen LogP contribution in [0.4, 0.5) is 5.69 Å². The lowest BCUT2D eigenvalue weighted by atomic mass is 10.1. The Kier molecular flexibility index (Phi) is 4.48. The average molecular weight is 290 g/mol. The van der Waals surface area contributed by atoms with Crippen LogP contribution in [0, 0.1) is 6.92 Å². The van der Waals surface area contributed by atoms with Crippen LogP contribution in [0.25, 0.3) is 0 Å². The minimum Gasteiger partial charge on any atom is -0.409 e. The molecule has 0 radical (unpaired) electrons. The Morgan fingerprint density at radius 3 is 2.70 bits per heavy atom. The first-order chi connectivity index (χ1) is 9.61. The van der Waals surface area contributed by atoms with Crippen molar-refractivity contribution in [2.24, 2.45) is 10.9 Å². The van der Waals surface area contributed by atoms with Gasteiger partial charge in [0.15, 0.2) is 5.84 Å². The molecule has 0 spiro atoms. The zero-order valence-corrected chi connectivity index (χ0v) is 11.9. The van der Waals surface area contributed by atoms with Crippen LogP contribution < -0.4 is 11.1 Å². The summed E-state index contributed by atoms with van der Waals surface area (Å²) in [7, 11) is 0. The Bertz CT molecular complexity index is 641. The highest BCUT2D eigenvalue weighted by atomic mass is 35.5. The van der Waals surface area contributed by atoms with E-state index in [0.29, 0.717) is 17.1 Å². The predicted molar refractivity (Wildman–Crippen MR) is 82.5 cm³/mol. The first-order valence-corrected chi connectivity index (χ1v) is 6.55. The van der Waals surface area contributed by atoms with E-state index in [2.05, 4.69) is 10.5 Å². The summed E-state index contributed by atoms with van der Waals surface area (Å²) >= 11 is 6.20. The van der Waals surface area contributed by atoms with Gasteiger partial charge in [0.2, 0.25) is 0 Å². The fraction of sp³-hybridized carbons (Fsp3) is 0.133. The lowest BCUT2D eigenvalue weighted by Gasteiger charge is -2.11. The number of anilines is 1. The Labute approximate surface area is 122 Å². The minimum absolute atomic E-state index is 0.0466. The monoisotopic (exact) mass is 289 g/mol. The van der Waals surface area contributed by atoms with Crippen molar-refractivity contribution in [3.63, 3.8) is 0 Å². The topological polar surface area (TPSA) is 70.6 Å². The summed E-state index contributed by atoms with van der Waals surface area (Å²) in [6.07, 6.45) is 0. The largest absolute Gasteiger partial charge is 0.409 e. The van der Waals surface area contributed by atoms with Crippen molar-refractivity contribution in [3.8, 4) is 0 Å². The van der Waals surface area contributed by atoms with Crippen LogP contribution in [-0.2, 0) is 6.54 Å². The first-order valence-electron chi connectivity index (χ1n) is 6.17. The highest BCUT2D eigenvalue weighted by Gasteiger charge is 2.05. The van der Waals surface area contributed by atoms with Gasteiger partial charge in [-0.05, 0) is 30.2 Å². The van der Waals surface area contributed by atoms with Gasteiger partial charge < -0.3 is 16.3 Å². The molecule has 2 aromatic carbocycles. The van der Waals surface area contributed by atoms with E-state index in [4.69, 9.17) is 22.5 Å². The first kappa shape index (κ1) is 14.2. The number of para-hydroxylation sites is 1.